The largest absolute Gasteiger partial charge is 0.0622 e. The van der Waals surface area contributed by atoms with Crippen molar-refractivity contribution >= 4 is 33.2 Å². The molecule has 0 heteroatoms. The van der Waals surface area contributed by atoms with Gasteiger partial charge in [0.15, 0.2) is 0 Å². The van der Waals surface area contributed by atoms with Crippen molar-refractivity contribution in [2.75, 3.05) is 0 Å². The number of benzene rings is 8. The van der Waals surface area contributed by atoms with Crippen molar-refractivity contribution in [3.05, 3.63) is 203 Å². The average Bonchev–Trinajstić information content (AvgIpc) is 3.39. The molecule has 0 fully saturated rings. The van der Waals surface area contributed by atoms with E-state index in [1.807, 2.05) is 0 Å². The summed E-state index contributed by atoms with van der Waals surface area (Å²) in [5.41, 5.74) is 16.7. The van der Waals surface area contributed by atoms with Crippen molar-refractivity contribution in [1.29, 1.82) is 0 Å². The van der Waals surface area contributed by atoms with Gasteiger partial charge in [0.2, 0.25) is 0 Å². The summed E-state index contributed by atoms with van der Waals surface area (Å²) in [5, 5.41) is 5.14. The Morgan fingerprint density at radius 3 is 1.66 bits per heavy atom. The maximum Gasteiger partial charge on any atom is 0.0159 e. The normalized spacial score (nSPS) is 12.9. The average molecular weight is 639 g/mol. The maximum atomic E-state index is 2.47. The molecule has 0 amide bonds. The Morgan fingerprint density at radius 2 is 0.980 bits per heavy atom. The molecule has 1 aliphatic carbocycles. The van der Waals surface area contributed by atoms with Crippen molar-refractivity contribution in [1.82, 2.24) is 0 Å². The highest BCUT2D eigenvalue weighted by Crippen LogP contribution is 2.51. The van der Waals surface area contributed by atoms with Crippen LogP contribution in [0.4, 0.5) is 0 Å². The molecule has 0 heterocycles. The van der Waals surface area contributed by atoms with Gasteiger partial charge in [-0.15, -0.1) is 0 Å². The Bertz CT molecular complexity index is 2540. The molecule has 0 radical (unpaired) electrons. The van der Waals surface area contributed by atoms with Crippen LogP contribution in [0.1, 0.15) is 47.2 Å². The fourth-order valence-corrected chi connectivity index (χ4v) is 8.26. The molecule has 50 heavy (non-hydrogen) atoms. The Hall–Kier alpha value is -5.98. The molecule has 0 aliphatic heterocycles. The summed E-state index contributed by atoms with van der Waals surface area (Å²) < 4.78 is 0. The van der Waals surface area contributed by atoms with Crippen LogP contribution in [0.2, 0.25) is 0 Å². The van der Waals surface area contributed by atoms with Crippen LogP contribution in [0.3, 0.4) is 0 Å². The van der Waals surface area contributed by atoms with Gasteiger partial charge < -0.3 is 0 Å². The van der Waals surface area contributed by atoms with E-state index in [4.69, 9.17) is 0 Å². The molecule has 0 atom stereocenters. The first-order valence-electron chi connectivity index (χ1n) is 17.6. The predicted molar refractivity (Wildman–Crippen MR) is 214 cm³/mol. The van der Waals surface area contributed by atoms with Crippen molar-refractivity contribution in [2.24, 2.45) is 0 Å². The van der Waals surface area contributed by atoms with Crippen LogP contribution in [0, 0.1) is 6.92 Å². The van der Waals surface area contributed by atoms with Gasteiger partial charge in [0, 0.05) is 5.41 Å². The monoisotopic (exact) mass is 638 g/mol. The van der Waals surface area contributed by atoms with Gasteiger partial charge >= 0.3 is 0 Å². The zero-order valence-corrected chi connectivity index (χ0v) is 28.7. The number of hydrogen-bond donors (Lipinski definition) is 0. The van der Waals surface area contributed by atoms with Gasteiger partial charge in [-0.1, -0.05) is 183 Å². The van der Waals surface area contributed by atoms with Crippen LogP contribution in [0.15, 0.2) is 170 Å². The summed E-state index contributed by atoms with van der Waals surface area (Å²) in [7, 11) is 0. The number of rotatable bonds is 5. The molecule has 8 aromatic rings. The van der Waals surface area contributed by atoms with Crippen molar-refractivity contribution in [3.8, 4) is 33.4 Å². The summed E-state index contributed by atoms with van der Waals surface area (Å²) in [6.45, 7) is 6.94. The quantitative estimate of drug-likeness (QED) is 0.130. The number of aryl methyl sites for hydroxylation is 1. The molecule has 238 valence electrons. The molecule has 9 rings (SSSR count). The fourth-order valence-electron chi connectivity index (χ4n) is 8.26. The summed E-state index contributed by atoms with van der Waals surface area (Å²) in [4.78, 5) is 0. The number of fused-ring (bicyclic) bond motifs is 5. The summed E-state index contributed by atoms with van der Waals surface area (Å²) in [6.07, 6.45) is 2.31. The van der Waals surface area contributed by atoms with Gasteiger partial charge in [-0.2, -0.15) is 0 Å². The van der Waals surface area contributed by atoms with E-state index >= 15 is 0 Å². The van der Waals surface area contributed by atoms with E-state index < -0.39 is 0 Å². The second-order valence-electron chi connectivity index (χ2n) is 14.2. The Morgan fingerprint density at radius 1 is 0.440 bits per heavy atom. The predicted octanol–water partition coefficient (Wildman–Crippen LogP) is 13.5. The molecular formula is C50H38. The molecular weight excluding hydrogens is 601 g/mol. The van der Waals surface area contributed by atoms with Crippen LogP contribution < -0.4 is 0 Å². The Kier molecular flexibility index (Phi) is 7.14. The van der Waals surface area contributed by atoms with E-state index in [1.54, 1.807) is 0 Å². The summed E-state index contributed by atoms with van der Waals surface area (Å²) in [5.74, 6) is 0. The first-order chi connectivity index (χ1) is 24.5. The molecule has 0 nitrogen and oxygen atoms in total. The van der Waals surface area contributed by atoms with Crippen LogP contribution in [-0.4, -0.2) is 0 Å². The van der Waals surface area contributed by atoms with E-state index in [0.717, 1.165) is 0 Å². The molecule has 0 aromatic heterocycles. The molecule has 1 aliphatic rings. The van der Waals surface area contributed by atoms with E-state index in [0.29, 0.717) is 0 Å². The minimum Gasteiger partial charge on any atom is -0.0622 e. The highest BCUT2D eigenvalue weighted by molar-refractivity contribution is 6.21. The van der Waals surface area contributed by atoms with Crippen LogP contribution in [0.25, 0.3) is 66.6 Å². The second-order valence-corrected chi connectivity index (χ2v) is 14.2. The lowest BCUT2D eigenvalue weighted by molar-refractivity contribution is 0.660. The van der Waals surface area contributed by atoms with Crippen LogP contribution in [-0.2, 0) is 5.41 Å². The zero-order chi connectivity index (χ0) is 33.8. The lowest BCUT2D eigenvalue weighted by Gasteiger charge is -2.23. The molecule has 8 aromatic carbocycles. The molecule has 0 saturated heterocycles. The maximum absolute atomic E-state index is 2.47. The SMILES string of the molecule is Cc1ccc2c(-c3ccc(C=C(c4ccccc4)c4ccccc4)cc3)c3ccccc3c(-c3ccc4c(c3)C(C)(C)c3ccccc3-4)c2c1. The Balaban J connectivity index is 1.22. The molecule has 0 N–H and O–H groups in total. The first-order valence-corrected chi connectivity index (χ1v) is 17.6. The van der Waals surface area contributed by atoms with Crippen molar-refractivity contribution in [2.45, 2.75) is 26.2 Å². The first kappa shape index (κ1) is 30.1. The van der Waals surface area contributed by atoms with E-state index in [2.05, 4.69) is 197 Å². The van der Waals surface area contributed by atoms with E-state index in [9.17, 15) is 0 Å². The van der Waals surface area contributed by atoms with Crippen LogP contribution >= 0.6 is 0 Å². The van der Waals surface area contributed by atoms with E-state index in [1.165, 1.54) is 93.9 Å². The third kappa shape index (κ3) is 4.91. The fraction of sp³-hybridized carbons (Fsp3) is 0.0800. The molecule has 0 saturated carbocycles. The van der Waals surface area contributed by atoms with Gasteiger partial charge in [0.05, 0.1) is 0 Å². The van der Waals surface area contributed by atoms with Gasteiger partial charge in [-0.05, 0) is 107 Å². The second kappa shape index (κ2) is 11.9. The van der Waals surface area contributed by atoms with E-state index in [-0.39, 0.29) is 5.41 Å². The van der Waals surface area contributed by atoms with Crippen molar-refractivity contribution in [3.63, 3.8) is 0 Å². The highest BCUT2D eigenvalue weighted by Gasteiger charge is 2.35. The van der Waals surface area contributed by atoms with Gasteiger partial charge in [0.25, 0.3) is 0 Å². The highest BCUT2D eigenvalue weighted by atomic mass is 14.4. The molecule has 0 spiro atoms. The minimum absolute atomic E-state index is 0.0551. The summed E-state index contributed by atoms with van der Waals surface area (Å²) in [6, 6.07) is 62.5. The summed E-state index contributed by atoms with van der Waals surface area (Å²) >= 11 is 0. The molecule has 0 bridgehead atoms. The third-order valence-corrected chi connectivity index (χ3v) is 10.7. The lowest BCUT2D eigenvalue weighted by atomic mass is 9.80. The zero-order valence-electron chi connectivity index (χ0n) is 28.7. The van der Waals surface area contributed by atoms with Gasteiger partial charge in [0.1, 0.15) is 0 Å². The Labute approximate surface area is 295 Å². The number of hydrogen-bond acceptors (Lipinski definition) is 0. The van der Waals surface area contributed by atoms with Crippen molar-refractivity contribution < 1.29 is 0 Å². The van der Waals surface area contributed by atoms with Gasteiger partial charge in [-0.3, -0.25) is 0 Å². The minimum atomic E-state index is -0.0551. The third-order valence-electron chi connectivity index (χ3n) is 10.7. The standard InChI is InChI=1S/C50H38/c1-33-22-28-43-45(30-33)49(38-27-29-40-39-18-12-13-21-46(39)50(2,3)47(40)32-38)42-20-11-10-19-41(42)48(43)37-25-23-34(24-26-37)31-44(35-14-6-4-7-15-35)36-16-8-5-9-17-36/h4-32H,1-3H3. The smallest absolute Gasteiger partial charge is 0.0159 e. The lowest BCUT2D eigenvalue weighted by Crippen LogP contribution is -2.14. The van der Waals surface area contributed by atoms with Crippen LogP contribution in [0.5, 0.6) is 0 Å². The topological polar surface area (TPSA) is 0 Å². The molecule has 0 unspecified atom stereocenters. The van der Waals surface area contributed by atoms with Gasteiger partial charge in [-0.25, -0.2) is 0 Å².